The predicted molar refractivity (Wildman–Crippen MR) is 82.9 cm³/mol. The molecule has 0 aromatic carbocycles. The van der Waals surface area contributed by atoms with Crippen LogP contribution in [0.4, 0.5) is 5.82 Å². The molecule has 2 heteroatoms. The first-order chi connectivity index (χ1) is 9.49. The highest BCUT2D eigenvalue weighted by Crippen LogP contribution is 2.63. The fourth-order valence-corrected chi connectivity index (χ4v) is 5.31. The molecule has 1 aromatic heterocycles. The molecule has 0 aliphatic heterocycles. The van der Waals surface area contributed by atoms with Gasteiger partial charge in [0.25, 0.3) is 0 Å². The Morgan fingerprint density at radius 2 is 2.05 bits per heavy atom. The second kappa shape index (κ2) is 3.99. The largest absolute Gasteiger partial charge is 0.366 e. The van der Waals surface area contributed by atoms with E-state index in [0.29, 0.717) is 16.9 Å². The monoisotopic (exact) mass is 270 g/mol. The molecule has 108 valence electrons. The van der Waals surface area contributed by atoms with Gasteiger partial charge in [0, 0.05) is 11.7 Å². The summed E-state index contributed by atoms with van der Waals surface area (Å²) in [5, 5.41) is 3.82. The van der Waals surface area contributed by atoms with E-state index in [4.69, 9.17) is 4.98 Å². The molecule has 1 N–H and O–H groups in total. The molecule has 2 fully saturated rings. The molecule has 0 spiro atoms. The highest BCUT2D eigenvalue weighted by atomic mass is 15.1. The molecular formula is C18H26N2. The first kappa shape index (κ1) is 12.7. The Bertz CT molecular complexity index is 544. The summed E-state index contributed by atoms with van der Waals surface area (Å²) in [5.41, 5.74) is 3.66. The lowest BCUT2D eigenvalue weighted by Crippen LogP contribution is -2.46. The van der Waals surface area contributed by atoms with Crippen molar-refractivity contribution in [2.75, 3.05) is 5.32 Å². The number of aromatic nitrogens is 1. The van der Waals surface area contributed by atoms with Gasteiger partial charge in [0.2, 0.25) is 0 Å². The minimum Gasteiger partial charge on any atom is -0.366 e. The zero-order chi connectivity index (χ0) is 14.0. The average Bonchev–Trinajstić information content (AvgIpc) is 3.05. The molecule has 0 amide bonds. The third-order valence-electron chi connectivity index (χ3n) is 6.49. The van der Waals surface area contributed by atoms with E-state index in [1.54, 1.807) is 0 Å². The van der Waals surface area contributed by atoms with Gasteiger partial charge >= 0.3 is 0 Å². The highest BCUT2D eigenvalue weighted by molar-refractivity contribution is 5.43. The molecule has 0 saturated heterocycles. The molecule has 2 bridgehead atoms. The maximum absolute atomic E-state index is 4.89. The van der Waals surface area contributed by atoms with Crippen LogP contribution in [-0.2, 0) is 12.8 Å². The first-order valence-corrected chi connectivity index (χ1v) is 8.24. The van der Waals surface area contributed by atoms with Gasteiger partial charge in [0.1, 0.15) is 5.82 Å². The van der Waals surface area contributed by atoms with Crippen molar-refractivity contribution in [3.05, 3.63) is 23.4 Å². The van der Waals surface area contributed by atoms with Gasteiger partial charge in [-0.15, -0.1) is 0 Å². The molecule has 2 nitrogen and oxygen atoms in total. The third kappa shape index (κ3) is 1.66. The van der Waals surface area contributed by atoms with Crippen molar-refractivity contribution in [2.24, 2.45) is 16.7 Å². The van der Waals surface area contributed by atoms with Crippen LogP contribution in [0.15, 0.2) is 12.1 Å². The Balaban J connectivity index is 1.62. The molecule has 2 saturated carbocycles. The van der Waals surface area contributed by atoms with Crippen LogP contribution < -0.4 is 5.32 Å². The van der Waals surface area contributed by atoms with E-state index in [0.717, 1.165) is 11.7 Å². The van der Waals surface area contributed by atoms with E-state index in [-0.39, 0.29) is 0 Å². The van der Waals surface area contributed by atoms with Crippen molar-refractivity contribution in [2.45, 2.75) is 65.3 Å². The Morgan fingerprint density at radius 1 is 1.20 bits per heavy atom. The van der Waals surface area contributed by atoms with Gasteiger partial charge < -0.3 is 5.32 Å². The lowest BCUT2D eigenvalue weighted by Gasteiger charge is -2.43. The summed E-state index contributed by atoms with van der Waals surface area (Å²) in [6.07, 6.45) is 7.85. The van der Waals surface area contributed by atoms with Gasteiger partial charge in [-0.3, -0.25) is 0 Å². The fourth-order valence-electron chi connectivity index (χ4n) is 5.31. The molecular weight excluding hydrogens is 244 g/mol. The predicted octanol–water partition coefficient (Wildman–Crippen LogP) is 4.20. The second-order valence-electron chi connectivity index (χ2n) is 8.15. The third-order valence-corrected chi connectivity index (χ3v) is 6.49. The molecule has 3 unspecified atom stereocenters. The van der Waals surface area contributed by atoms with Crippen LogP contribution in [0.25, 0.3) is 0 Å². The van der Waals surface area contributed by atoms with Crippen LogP contribution in [0.3, 0.4) is 0 Å². The number of nitrogens with zero attached hydrogens (tertiary/aromatic N) is 1. The minimum atomic E-state index is 0.397. The van der Waals surface area contributed by atoms with E-state index >= 15 is 0 Å². The summed E-state index contributed by atoms with van der Waals surface area (Å²) < 4.78 is 0. The number of nitrogens with one attached hydrogen (secondary N) is 1. The van der Waals surface area contributed by atoms with E-state index in [1.165, 1.54) is 49.8 Å². The van der Waals surface area contributed by atoms with Gasteiger partial charge in [0.05, 0.1) is 0 Å². The lowest BCUT2D eigenvalue weighted by atomic mass is 9.68. The van der Waals surface area contributed by atoms with E-state index in [2.05, 4.69) is 38.2 Å². The van der Waals surface area contributed by atoms with Crippen molar-refractivity contribution >= 4 is 5.82 Å². The van der Waals surface area contributed by atoms with E-state index in [9.17, 15) is 0 Å². The summed E-state index contributed by atoms with van der Waals surface area (Å²) in [4.78, 5) is 4.89. The van der Waals surface area contributed by atoms with Crippen LogP contribution in [0, 0.1) is 16.7 Å². The second-order valence-corrected chi connectivity index (χ2v) is 8.15. The average molecular weight is 270 g/mol. The van der Waals surface area contributed by atoms with Crippen LogP contribution in [0.1, 0.15) is 57.7 Å². The molecule has 3 aliphatic carbocycles. The number of hydrogen-bond donors (Lipinski definition) is 1. The van der Waals surface area contributed by atoms with E-state index < -0.39 is 0 Å². The fraction of sp³-hybridized carbons (Fsp3) is 0.722. The molecule has 0 radical (unpaired) electrons. The Labute approximate surface area is 122 Å². The van der Waals surface area contributed by atoms with Gasteiger partial charge in [-0.25, -0.2) is 4.98 Å². The Hall–Kier alpha value is -1.05. The molecule has 3 atom stereocenters. The van der Waals surface area contributed by atoms with Gasteiger partial charge in [0.15, 0.2) is 0 Å². The van der Waals surface area contributed by atoms with E-state index in [1.807, 2.05) is 0 Å². The van der Waals surface area contributed by atoms with Crippen molar-refractivity contribution < 1.29 is 0 Å². The number of hydrogen-bond acceptors (Lipinski definition) is 2. The summed E-state index contributed by atoms with van der Waals surface area (Å²) in [6.45, 7) is 7.38. The standard InChI is InChI=1S/C18H26N2/c1-17(2)13-9-10-18(3,11-13)16(17)20-15-8-7-12-5-4-6-14(12)19-15/h7-8,13,16H,4-6,9-11H2,1-3H3,(H,19,20). The molecule has 1 aromatic rings. The van der Waals surface area contributed by atoms with Gasteiger partial charge in [-0.1, -0.05) is 26.8 Å². The molecule has 1 heterocycles. The van der Waals surface area contributed by atoms with Crippen molar-refractivity contribution in [1.82, 2.24) is 4.98 Å². The zero-order valence-corrected chi connectivity index (χ0v) is 13.0. The van der Waals surface area contributed by atoms with Crippen molar-refractivity contribution in [3.8, 4) is 0 Å². The first-order valence-electron chi connectivity index (χ1n) is 8.24. The normalized spacial score (nSPS) is 37.1. The van der Waals surface area contributed by atoms with Crippen LogP contribution in [-0.4, -0.2) is 11.0 Å². The quantitative estimate of drug-likeness (QED) is 0.871. The Kier molecular flexibility index (Phi) is 2.53. The topological polar surface area (TPSA) is 24.9 Å². The lowest BCUT2D eigenvalue weighted by molar-refractivity contribution is 0.155. The van der Waals surface area contributed by atoms with Crippen LogP contribution >= 0.6 is 0 Å². The maximum Gasteiger partial charge on any atom is 0.126 e. The minimum absolute atomic E-state index is 0.397. The molecule has 3 aliphatic rings. The maximum atomic E-state index is 4.89. The van der Waals surface area contributed by atoms with Crippen molar-refractivity contribution in [1.29, 1.82) is 0 Å². The number of aryl methyl sites for hydroxylation is 2. The number of rotatable bonds is 2. The Morgan fingerprint density at radius 3 is 2.80 bits per heavy atom. The van der Waals surface area contributed by atoms with Crippen LogP contribution in [0.2, 0.25) is 0 Å². The highest BCUT2D eigenvalue weighted by Gasteiger charge is 2.59. The van der Waals surface area contributed by atoms with Gasteiger partial charge in [-0.05, 0) is 66.9 Å². The summed E-state index contributed by atoms with van der Waals surface area (Å²) in [6, 6.07) is 5.07. The zero-order valence-electron chi connectivity index (χ0n) is 13.0. The molecule has 4 rings (SSSR count). The number of anilines is 1. The summed E-state index contributed by atoms with van der Waals surface area (Å²) in [5.74, 6) is 2.00. The number of pyridine rings is 1. The number of fused-ring (bicyclic) bond motifs is 3. The SMILES string of the molecule is CC12CCC(C1)C(C)(C)C2Nc1ccc2c(n1)CCC2. The summed E-state index contributed by atoms with van der Waals surface area (Å²) in [7, 11) is 0. The summed E-state index contributed by atoms with van der Waals surface area (Å²) >= 11 is 0. The van der Waals surface area contributed by atoms with Crippen LogP contribution in [0.5, 0.6) is 0 Å². The van der Waals surface area contributed by atoms with Crippen molar-refractivity contribution in [3.63, 3.8) is 0 Å². The smallest absolute Gasteiger partial charge is 0.126 e. The van der Waals surface area contributed by atoms with Gasteiger partial charge in [-0.2, -0.15) is 0 Å². The molecule has 20 heavy (non-hydrogen) atoms.